The second-order valence-corrected chi connectivity index (χ2v) is 5.07. The largest absolute Gasteiger partial charge is 0.480 e. The van der Waals surface area contributed by atoms with Crippen LogP contribution in [0.25, 0.3) is 10.9 Å². The lowest BCUT2D eigenvalue weighted by molar-refractivity contribution is 0.0723. The number of ether oxygens (including phenoxy) is 1. The van der Waals surface area contributed by atoms with E-state index in [1.165, 1.54) is 4.68 Å². The van der Waals surface area contributed by atoms with Gasteiger partial charge in [-0.05, 0) is 23.8 Å². The molecule has 0 amide bonds. The number of benzene rings is 2. The first-order valence-corrected chi connectivity index (χ1v) is 6.76. The van der Waals surface area contributed by atoms with Gasteiger partial charge in [-0.25, -0.2) is 0 Å². The van der Waals surface area contributed by atoms with Gasteiger partial charge in [-0.2, -0.15) is 4.68 Å². The molecule has 0 bridgehead atoms. The molecular formula is C16H13N3O2. The van der Waals surface area contributed by atoms with Crippen molar-refractivity contribution in [3.8, 4) is 5.75 Å². The Morgan fingerprint density at radius 1 is 1.19 bits per heavy atom. The lowest BCUT2D eigenvalue weighted by Gasteiger charge is -2.09. The Bertz CT molecular complexity index is 829. The predicted octanol–water partition coefficient (Wildman–Crippen LogP) is 2.26. The molecule has 0 aliphatic carbocycles. The maximum Gasteiger partial charge on any atom is 0.288 e. The van der Waals surface area contributed by atoms with Crippen LogP contribution < -0.4 is 10.5 Å². The Morgan fingerprint density at radius 2 is 1.95 bits per heavy atom. The normalized spacial score (nSPS) is 16.7. The van der Waals surface area contributed by atoms with Crippen molar-refractivity contribution in [2.24, 2.45) is 0 Å². The number of nitrogen functional groups attached to an aromatic ring is 1. The lowest BCUT2D eigenvalue weighted by atomic mass is 10.1. The molecule has 5 heteroatoms. The highest BCUT2D eigenvalue weighted by Gasteiger charge is 2.31. The summed E-state index contributed by atoms with van der Waals surface area (Å²) in [4.78, 5) is 12.7. The fourth-order valence-corrected chi connectivity index (χ4v) is 2.71. The zero-order valence-electron chi connectivity index (χ0n) is 11.2. The molecule has 1 aliphatic heterocycles. The van der Waals surface area contributed by atoms with Crippen LogP contribution in [0.1, 0.15) is 10.4 Å². The van der Waals surface area contributed by atoms with Gasteiger partial charge in [0.05, 0.1) is 5.52 Å². The van der Waals surface area contributed by atoms with Crippen LogP contribution in [0.3, 0.4) is 0 Å². The molecule has 0 spiro atoms. The summed E-state index contributed by atoms with van der Waals surface area (Å²) >= 11 is 0. The SMILES string of the molecule is Nc1nn(C(=O)C2Cc3ccccc3O2)c2ccccc12. The van der Waals surface area contributed by atoms with Gasteiger partial charge >= 0.3 is 0 Å². The molecular weight excluding hydrogens is 266 g/mol. The summed E-state index contributed by atoms with van der Waals surface area (Å²) in [5, 5.41) is 4.94. The molecule has 0 radical (unpaired) electrons. The van der Waals surface area contributed by atoms with Crippen LogP contribution in [-0.4, -0.2) is 21.8 Å². The number of nitrogens with two attached hydrogens (primary N) is 1. The van der Waals surface area contributed by atoms with E-state index < -0.39 is 6.10 Å². The maximum atomic E-state index is 12.7. The summed E-state index contributed by atoms with van der Waals surface area (Å²) in [5.41, 5.74) is 7.62. The fourth-order valence-electron chi connectivity index (χ4n) is 2.71. The Balaban J connectivity index is 1.72. The molecule has 2 aromatic carbocycles. The molecule has 1 aliphatic rings. The van der Waals surface area contributed by atoms with Crippen LogP contribution in [-0.2, 0) is 6.42 Å². The monoisotopic (exact) mass is 279 g/mol. The Labute approximate surface area is 120 Å². The van der Waals surface area contributed by atoms with Gasteiger partial charge < -0.3 is 10.5 Å². The maximum absolute atomic E-state index is 12.7. The van der Waals surface area contributed by atoms with Gasteiger partial charge in [-0.1, -0.05) is 30.3 Å². The number of fused-ring (bicyclic) bond motifs is 2. The second kappa shape index (κ2) is 4.34. The average Bonchev–Trinajstić information content (AvgIpc) is 3.09. The van der Waals surface area contributed by atoms with E-state index in [0.717, 1.165) is 16.7 Å². The topological polar surface area (TPSA) is 70.1 Å². The molecule has 1 atom stereocenters. The van der Waals surface area contributed by atoms with Gasteiger partial charge in [0.2, 0.25) is 0 Å². The van der Waals surface area contributed by atoms with Crippen molar-refractivity contribution in [2.45, 2.75) is 12.5 Å². The molecule has 21 heavy (non-hydrogen) atoms. The Morgan fingerprint density at radius 3 is 2.81 bits per heavy atom. The van der Waals surface area contributed by atoms with Crippen molar-refractivity contribution < 1.29 is 9.53 Å². The Kier molecular flexibility index (Phi) is 2.47. The molecule has 5 nitrogen and oxygen atoms in total. The smallest absolute Gasteiger partial charge is 0.288 e. The van der Waals surface area contributed by atoms with Gasteiger partial charge in [0.25, 0.3) is 5.91 Å². The van der Waals surface area contributed by atoms with E-state index in [1.807, 2.05) is 48.5 Å². The molecule has 0 saturated heterocycles. The minimum atomic E-state index is -0.551. The third kappa shape index (κ3) is 1.78. The fraction of sp³-hybridized carbons (Fsp3) is 0.125. The highest BCUT2D eigenvalue weighted by Crippen LogP contribution is 2.29. The van der Waals surface area contributed by atoms with Crippen LogP contribution in [0, 0.1) is 0 Å². The van der Waals surface area contributed by atoms with Gasteiger partial charge in [0.1, 0.15) is 5.75 Å². The van der Waals surface area contributed by atoms with Gasteiger partial charge in [-0.15, -0.1) is 5.10 Å². The van der Waals surface area contributed by atoms with E-state index in [0.29, 0.717) is 17.8 Å². The van der Waals surface area contributed by atoms with Crippen LogP contribution in [0.4, 0.5) is 5.82 Å². The minimum Gasteiger partial charge on any atom is -0.480 e. The van der Waals surface area contributed by atoms with Crippen molar-refractivity contribution in [1.29, 1.82) is 0 Å². The molecule has 0 fully saturated rings. The first-order valence-electron chi connectivity index (χ1n) is 6.76. The molecule has 2 N–H and O–H groups in total. The van der Waals surface area contributed by atoms with E-state index in [4.69, 9.17) is 10.5 Å². The summed E-state index contributed by atoms with van der Waals surface area (Å²) in [7, 11) is 0. The number of hydrogen-bond acceptors (Lipinski definition) is 4. The number of carbonyl (C=O) groups is 1. The molecule has 3 aromatic rings. The first kappa shape index (κ1) is 12.0. The van der Waals surface area contributed by atoms with Crippen molar-refractivity contribution >= 4 is 22.6 Å². The van der Waals surface area contributed by atoms with Crippen LogP contribution >= 0.6 is 0 Å². The number of rotatable bonds is 1. The van der Waals surface area contributed by atoms with Crippen molar-refractivity contribution in [2.75, 3.05) is 5.73 Å². The van der Waals surface area contributed by atoms with Crippen molar-refractivity contribution in [3.63, 3.8) is 0 Å². The van der Waals surface area contributed by atoms with E-state index in [1.54, 1.807) is 0 Å². The first-order chi connectivity index (χ1) is 10.2. The molecule has 1 unspecified atom stereocenters. The van der Waals surface area contributed by atoms with Crippen molar-refractivity contribution in [3.05, 3.63) is 54.1 Å². The third-order valence-electron chi connectivity index (χ3n) is 3.75. The lowest BCUT2D eigenvalue weighted by Crippen LogP contribution is -2.31. The van der Waals surface area contributed by atoms with E-state index >= 15 is 0 Å². The van der Waals surface area contributed by atoms with E-state index in [2.05, 4.69) is 5.10 Å². The molecule has 104 valence electrons. The predicted molar refractivity (Wildman–Crippen MR) is 79.3 cm³/mol. The van der Waals surface area contributed by atoms with Crippen molar-refractivity contribution in [1.82, 2.24) is 9.78 Å². The zero-order valence-corrected chi connectivity index (χ0v) is 11.2. The zero-order chi connectivity index (χ0) is 14.4. The number of anilines is 1. The third-order valence-corrected chi connectivity index (χ3v) is 3.75. The van der Waals surface area contributed by atoms with Crippen LogP contribution in [0.15, 0.2) is 48.5 Å². The summed E-state index contributed by atoms with van der Waals surface area (Å²) in [5.74, 6) is 0.925. The molecule has 1 aromatic heterocycles. The van der Waals surface area contributed by atoms with Crippen LogP contribution in [0.2, 0.25) is 0 Å². The molecule has 2 heterocycles. The van der Waals surface area contributed by atoms with Gasteiger partial charge in [0, 0.05) is 11.8 Å². The van der Waals surface area contributed by atoms with Crippen LogP contribution in [0.5, 0.6) is 5.75 Å². The summed E-state index contributed by atoms with van der Waals surface area (Å²) in [6.07, 6.45) is 0.00780. The quantitative estimate of drug-likeness (QED) is 0.741. The summed E-state index contributed by atoms with van der Waals surface area (Å²) in [6, 6.07) is 15.1. The summed E-state index contributed by atoms with van der Waals surface area (Å²) in [6.45, 7) is 0. The van der Waals surface area contributed by atoms with E-state index in [-0.39, 0.29) is 5.91 Å². The summed E-state index contributed by atoms with van der Waals surface area (Å²) < 4.78 is 7.08. The van der Waals surface area contributed by atoms with Gasteiger partial charge in [-0.3, -0.25) is 4.79 Å². The van der Waals surface area contributed by atoms with E-state index in [9.17, 15) is 4.79 Å². The number of aromatic nitrogens is 2. The molecule has 4 rings (SSSR count). The number of carbonyl (C=O) groups excluding carboxylic acids is 1. The molecule has 0 saturated carbocycles. The number of nitrogens with zero attached hydrogens (tertiary/aromatic N) is 2. The number of para-hydroxylation sites is 2. The Hall–Kier alpha value is -2.82. The average molecular weight is 279 g/mol. The highest BCUT2D eigenvalue weighted by molar-refractivity contribution is 5.98. The highest BCUT2D eigenvalue weighted by atomic mass is 16.5. The minimum absolute atomic E-state index is 0.195. The number of hydrogen-bond donors (Lipinski definition) is 1. The second-order valence-electron chi connectivity index (χ2n) is 5.07. The van der Waals surface area contributed by atoms with Gasteiger partial charge in [0.15, 0.2) is 11.9 Å². The standard InChI is InChI=1S/C16H13N3O2/c17-15-11-6-2-3-7-12(11)19(18-15)16(20)14-9-10-5-1-4-8-13(10)21-14/h1-8,14H,9H2,(H2,17,18).